The van der Waals surface area contributed by atoms with Crippen LogP contribution in [0.1, 0.15) is 20.9 Å². The highest BCUT2D eigenvalue weighted by molar-refractivity contribution is 7.09. The van der Waals surface area contributed by atoms with Gasteiger partial charge in [-0.1, -0.05) is 6.07 Å². The van der Waals surface area contributed by atoms with Gasteiger partial charge in [-0.2, -0.15) is 5.10 Å². The van der Waals surface area contributed by atoms with Gasteiger partial charge in [0.25, 0.3) is 5.91 Å². The average Bonchev–Trinajstić information content (AvgIpc) is 3.50. The number of amides is 1. The Bertz CT molecular complexity index is 1220. The fourth-order valence-corrected chi connectivity index (χ4v) is 4.76. The second-order valence-electron chi connectivity index (χ2n) is 8.06. The maximum absolute atomic E-state index is 13.0. The molecule has 1 N–H and O–H groups in total. The third-order valence-electron chi connectivity index (χ3n) is 5.79. The summed E-state index contributed by atoms with van der Waals surface area (Å²) in [6.45, 7) is 7.56. The van der Waals surface area contributed by atoms with Crippen molar-refractivity contribution in [3.05, 3.63) is 64.4 Å². The van der Waals surface area contributed by atoms with E-state index in [0.29, 0.717) is 18.7 Å². The van der Waals surface area contributed by atoms with Crippen molar-refractivity contribution in [1.82, 2.24) is 34.9 Å². The van der Waals surface area contributed by atoms with Crippen molar-refractivity contribution in [2.24, 2.45) is 0 Å². The first-order chi connectivity index (χ1) is 16.2. The fourth-order valence-electron chi connectivity index (χ4n) is 4.08. The fraction of sp³-hybridized carbons (Fsp3) is 0.348. The molecule has 1 amide bonds. The summed E-state index contributed by atoms with van der Waals surface area (Å²) in [5.74, 6) is 0.694. The number of thiophene rings is 1. The van der Waals surface area contributed by atoms with Crippen molar-refractivity contribution in [2.45, 2.75) is 13.5 Å². The zero-order valence-electron chi connectivity index (χ0n) is 18.5. The molecule has 5 heterocycles. The van der Waals surface area contributed by atoms with Crippen molar-refractivity contribution < 1.29 is 4.79 Å². The third kappa shape index (κ3) is 4.86. The third-order valence-corrected chi connectivity index (χ3v) is 6.65. The molecule has 0 bridgehead atoms. The van der Waals surface area contributed by atoms with Crippen molar-refractivity contribution in [3.8, 4) is 0 Å². The van der Waals surface area contributed by atoms with Gasteiger partial charge < -0.3 is 10.2 Å². The normalized spacial score (nSPS) is 14.6. The molecule has 1 fully saturated rings. The first-order valence-electron chi connectivity index (χ1n) is 11.1. The smallest absolute Gasteiger partial charge is 0.252 e. The molecule has 0 aliphatic carbocycles. The number of hydrogen-bond donors (Lipinski definition) is 1. The number of carbonyl (C=O) groups is 1. The van der Waals surface area contributed by atoms with Crippen LogP contribution < -0.4 is 10.2 Å². The number of nitrogens with one attached hydrogen (secondary N) is 1. The van der Waals surface area contributed by atoms with Crippen LogP contribution in [0.4, 0.5) is 5.95 Å². The second-order valence-corrected chi connectivity index (χ2v) is 9.10. The summed E-state index contributed by atoms with van der Waals surface area (Å²) in [5, 5.41) is 10.4. The number of hydrogen-bond acceptors (Lipinski definition) is 8. The Morgan fingerprint density at radius 2 is 1.97 bits per heavy atom. The number of aromatic nitrogens is 5. The highest BCUT2D eigenvalue weighted by Gasteiger charge is 2.19. The minimum Gasteiger partial charge on any atom is -0.351 e. The number of pyridine rings is 1. The zero-order chi connectivity index (χ0) is 22.6. The first-order valence-corrected chi connectivity index (χ1v) is 11.9. The molecule has 0 radical (unpaired) electrons. The van der Waals surface area contributed by atoms with E-state index in [9.17, 15) is 4.79 Å². The number of nitrogens with zero attached hydrogens (tertiary/aromatic N) is 7. The lowest BCUT2D eigenvalue weighted by Crippen LogP contribution is -2.49. The molecule has 0 unspecified atom stereocenters. The molecule has 0 aromatic carbocycles. The van der Waals surface area contributed by atoms with Crippen molar-refractivity contribution >= 4 is 34.2 Å². The summed E-state index contributed by atoms with van der Waals surface area (Å²) in [6.07, 6.45) is 5.29. The van der Waals surface area contributed by atoms with Crippen LogP contribution in [0.3, 0.4) is 0 Å². The van der Waals surface area contributed by atoms with Gasteiger partial charge in [0.2, 0.25) is 5.95 Å². The quantitative estimate of drug-likeness (QED) is 0.450. The highest BCUT2D eigenvalue weighted by atomic mass is 32.1. The van der Waals surface area contributed by atoms with Gasteiger partial charge in [-0.05, 0) is 30.5 Å². The van der Waals surface area contributed by atoms with Crippen LogP contribution in [0.5, 0.6) is 0 Å². The number of piperazine rings is 1. The van der Waals surface area contributed by atoms with Gasteiger partial charge in [-0.25, -0.2) is 19.6 Å². The zero-order valence-corrected chi connectivity index (χ0v) is 19.3. The Balaban J connectivity index is 1.18. The lowest BCUT2D eigenvalue weighted by molar-refractivity contribution is 0.0949. The molecule has 0 atom stereocenters. The van der Waals surface area contributed by atoms with Gasteiger partial charge in [0.1, 0.15) is 0 Å². The van der Waals surface area contributed by atoms with Crippen LogP contribution in [-0.2, 0) is 6.54 Å². The molecule has 1 aliphatic rings. The lowest BCUT2D eigenvalue weighted by atomic mass is 10.1. The van der Waals surface area contributed by atoms with Crippen LogP contribution in [0.25, 0.3) is 11.0 Å². The van der Waals surface area contributed by atoms with E-state index < -0.39 is 0 Å². The Kier molecular flexibility index (Phi) is 6.27. The predicted molar refractivity (Wildman–Crippen MR) is 129 cm³/mol. The average molecular weight is 463 g/mol. The van der Waals surface area contributed by atoms with Gasteiger partial charge in [0, 0.05) is 62.2 Å². The van der Waals surface area contributed by atoms with E-state index in [1.54, 1.807) is 29.9 Å². The molecule has 1 saturated heterocycles. The van der Waals surface area contributed by atoms with Gasteiger partial charge in [0.15, 0.2) is 5.65 Å². The van der Waals surface area contributed by atoms with E-state index in [0.717, 1.165) is 55.4 Å². The summed E-state index contributed by atoms with van der Waals surface area (Å²) in [6, 6.07) is 7.77. The topological polar surface area (TPSA) is 92.1 Å². The van der Waals surface area contributed by atoms with E-state index in [4.69, 9.17) is 0 Å². The first kappa shape index (κ1) is 21.5. The highest BCUT2D eigenvalue weighted by Crippen LogP contribution is 2.20. The lowest BCUT2D eigenvalue weighted by Gasteiger charge is -2.34. The summed E-state index contributed by atoms with van der Waals surface area (Å²) in [7, 11) is 0. The number of anilines is 1. The second kappa shape index (κ2) is 9.63. The Labute approximate surface area is 196 Å². The number of aryl methyl sites for hydroxylation is 1. The van der Waals surface area contributed by atoms with E-state index in [-0.39, 0.29) is 5.91 Å². The van der Waals surface area contributed by atoms with Crippen LogP contribution in [-0.4, -0.2) is 74.8 Å². The van der Waals surface area contributed by atoms with Gasteiger partial charge in [-0.15, -0.1) is 11.3 Å². The molecule has 9 nitrogen and oxygen atoms in total. The summed E-state index contributed by atoms with van der Waals surface area (Å²) < 4.78 is 1.86. The monoisotopic (exact) mass is 462 g/mol. The van der Waals surface area contributed by atoms with Crippen LogP contribution in [0.15, 0.2) is 48.2 Å². The molecule has 0 spiro atoms. The maximum atomic E-state index is 13.0. The molecule has 5 rings (SSSR count). The Morgan fingerprint density at radius 3 is 2.73 bits per heavy atom. The Morgan fingerprint density at radius 1 is 1.15 bits per heavy atom. The van der Waals surface area contributed by atoms with E-state index in [2.05, 4.69) is 41.2 Å². The molecule has 1 aliphatic heterocycles. The van der Waals surface area contributed by atoms with Gasteiger partial charge in [-0.3, -0.25) is 9.69 Å². The molecule has 33 heavy (non-hydrogen) atoms. The maximum Gasteiger partial charge on any atom is 0.252 e. The largest absolute Gasteiger partial charge is 0.351 e. The van der Waals surface area contributed by atoms with E-state index in [1.165, 1.54) is 4.88 Å². The van der Waals surface area contributed by atoms with Crippen LogP contribution in [0, 0.1) is 6.92 Å². The predicted octanol–water partition coefficient (Wildman–Crippen LogP) is 2.19. The van der Waals surface area contributed by atoms with Crippen molar-refractivity contribution in [3.63, 3.8) is 0 Å². The van der Waals surface area contributed by atoms with E-state index in [1.807, 2.05) is 35.2 Å². The standard InChI is InChI=1S/C23H26N8OS/c1-17-14-19(20-15-27-31(21(20)28-17)16-18-4-2-13-33-18)22(32)24-7-8-29-9-11-30(12-10-29)23-25-5-3-6-26-23/h2-6,13-15H,7-12,16H2,1H3,(H,24,32). The Hall–Kier alpha value is -3.37. The summed E-state index contributed by atoms with van der Waals surface area (Å²) >= 11 is 1.69. The molecule has 4 aromatic heterocycles. The molecule has 10 heteroatoms. The molecule has 4 aromatic rings. The summed E-state index contributed by atoms with van der Waals surface area (Å²) in [4.78, 5) is 32.1. The van der Waals surface area contributed by atoms with Gasteiger partial charge >= 0.3 is 0 Å². The van der Waals surface area contributed by atoms with Crippen LogP contribution >= 0.6 is 11.3 Å². The summed E-state index contributed by atoms with van der Waals surface area (Å²) in [5.41, 5.74) is 2.17. The number of carbonyl (C=O) groups excluding carboxylic acids is 1. The van der Waals surface area contributed by atoms with Crippen molar-refractivity contribution in [2.75, 3.05) is 44.2 Å². The van der Waals surface area contributed by atoms with Crippen LogP contribution in [0.2, 0.25) is 0 Å². The number of rotatable bonds is 7. The van der Waals surface area contributed by atoms with Crippen molar-refractivity contribution in [1.29, 1.82) is 0 Å². The molecule has 0 saturated carbocycles. The minimum absolute atomic E-state index is 0.0857. The number of fused-ring (bicyclic) bond motifs is 1. The molecule has 170 valence electrons. The molecular formula is C23H26N8OS. The minimum atomic E-state index is -0.0857. The van der Waals surface area contributed by atoms with E-state index >= 15 is 0 Å². The molecular weight excluding hydrogens is 436 g/mol. The van der Waals surface area contributed by atoms with Gasteiger partial charge in [0.05, 0.1) is 23.7 Å². The SMILES string of the molecule is Cc1cc(C(=O)NCCN2CCN(c3ncccn3)CC2)c2cnn(Cc3cccs3)c2n1.